The van der Waals surface area contributed by atoms with Gasteiger partial charge in [0, 0.05) is 6.07 Å². The van der Waals surface area contributed by atoms with Gasteiger partial charge < -0.3 is 0 Å². The fraction of sp³-hybridized carbons (Fsp3) is 0.250. The van der Waals surface area contributed by atoms with Crippen molar-refractivity contribution in [3.63, 3.8) is 0 Å². The first kappa shape index (κ1) is 11.6. The molecule has 0 heterocycles. The molecule has 0 aliphatic carbocycles. The Morgan fingerprint density at radius 1 is 1.47 bits per heavy atom. The molecule has 0 amide bonds. The zero-order valence-corrected chi connectivity index (χ0v) is 8.69. The number of hydrogen-bond donors (Lipinski definition) is 1. The summed E-state index contributed by atoms with van der Waals surface area (Å²) in [5.74, 6) is 0. The highest BCUT2D eigenvalue weighted by Crippen LogP contribution is 2.24. The van der Waals surface area contributed by atoms with Gasteiger partial charge in [-0.2, -0.15) is 8.42 Å². The van der Waals surface area contributed by atoms with Gasteiger partial charge in [-0.1, -0.05) is 13.0 Å². The molecule has 0 saturated heterocycles. The summed E-state index contributed by atoms with van der Waals surface area (Å²) in [6, 6.07) is 3.60. The van der Waals surface area contributed by atoms with Crippen molar-refractivity contribution >= 4 is 15.8 Å². The molecule has 82 valence electrons. The third-order valence-electron chi connectivity index (χ3n) is 1.91. The molecule has 0 aliphatic rings. The maximum atomic E-state index is 10.8. The average Bonchev–Trinajstić information content (AvgIpc) is 2.15. The van der Waals surface area contributed by atoms with E-state index in [1.54, 1.807) is 6.92 Å². The fourth-order valence-electron chi connectivity index (χ4n) is 1.14. The molecule has 0 fully saturated rings. The standard InChI is InChI=1S/C8H9NO5S/c1-2-6-3-4-8(15(12,13)14)7(5-6)9(10)11/h3-5H,2H2,1H3,(H,12,13,14). The van der Waals surface area contributed by atoms with Gasteiger partial charge in [-0.15, -0.1) is 0 Å². The molecule has 1 aromatic rings. The van der Waals surface area contributed by atoms with Crippen molar-refractivity contribution < 1.29 is 17.9 Å². The molecule has 15 heavy (non-hydrogen) atoms. The van der Waals surface area contributed by atoms with Crippen LogP contribution in [0.3, 0.4) is 0 Å². The van der Waals surface area contributed by atoms with Gasteiger partial charge in [-0.25, -0.2) is 0 Å². The summed E-state index contributed by atoms with van der Waals surface area (Å²) in [7, 11) is -4.55. The van der Waals surface area contributed by atoms with Crippen molar-refractivity contribution in [2.75, 3.05) is 0 Å². The van der Waals surface area contributed by atoms with Crippen LogP contribution >= 0.6 is 0 Å². The highest BCUT2D eigenvalue weighted by molar-refractivity contribution is 7.86. The predicted molar refractivity (Wildman–Crippen MR) is 52.3 cm³/mol. The van der Waals surface area contributed by atoms with Crippen LogP contribution in [-0.2, 0) is 16.5 Å². The second kappa shape index (κ2) is 3.95. The van der Waals surface area contributed by atoms with Crippen LogP contribution < -0.4 is 0 Å². The van der Waals surface area contributed by atoms with Crippen LogP contribution in [0.4, 0.5) is 5.69 Å². The fourth-order valence-corrected chi connectivity index (χ4v) is 1.78. The Balaban J connectivity index is 3.48. The Labute approximate surface area is 86.4 Å². The predicted octanol–water partition coefficient (Wildman–Crippen LogP) is 1.40. The Morgan fingerprint density at radius 2 is 2.07 bits per heavy atom. The van der Waals surface area contributed by atoms with Crippen LogP contribution in [0.15, 0.2) is 23.1 Å². The van der Waals surface area contributed by atoms with E-state index < -0.39 is 25.6 Å². The molecule has 0 aromatic heterocycles. The Kier molecular flexibility index (Phi) is 3.06. The van der Waals surface area contributed by atoms with E-state index in [1.165, 1.54) is 6.07 Å². The molecule has 1 aromatic carbocycles. The molecule has 0 spiro atoms. The van der Waals surface area contributed by atoms with Gasteiger partial charge in [0.2, 0.25) is 0 Å². The summed E-state index contributed by atoms with van der Waals surface area (Å²) in [5.41, 5.74) is 0.0333. The van der Waals surface area contributed by atoms with Crippen LogP contribution in [0.1, 0.15) is 12.5 Å². The van der Waals surface area contributed by atoms with E-state index in [4.69, 9.17) is 4.55 Å². The monoisotopic (exact) mass is 231 g/mol. The lowest BCUT2D eigenvalue weighted by molar-refractivity contribution is -0.387. The van der Waals surface area contributed by atoms with E-state index in [0.717, 1.165) is 12.1 Å². The van der Waals surface area contributed by atoms with Gasteiger partial charge in [-0.3, -0.25) is 14.7 Å². The van der Waals surface area contributed by atoms with Crippen molar-refractivity contribution in [1.82, 2.24) is 0 Å². The van der Waals surface area contributed by atoms with Crippen LogP contribution in [0.5, 0.6) is 0 Å². The maximum Gasteiger partial charge on any atom is 0.301 e. The van der Waals surface area contributed by atoms with E-state index in [0.29, 0.717) is 12.0 Å². The third kappa shape index (κ3) is 2.51. The minimum Gasteiger partial charge on any atom is -0.282 e. The number of nitro groups is 1. The number of nitro benzene ring substituents is 1. The highest BCUT2D eigenvalue weighted by atomic mass is 32.2. The van der Waals surface area contributed by atoms with Crippen LogP contribution in [-0.4, -0.2) is 17.9 Å². The summed E-state index contributed by atoms with van der Waals surface area (Å²) >= 11 is 0. The van der Waals surface area contributed by atoms with Gasteiger partial charge in [-0.05, 0) is 18.1 Å². The third-order valence-corrected chi connectivity index (χ3v) is 2.81. The SMILES string of the molecule is CCc1ccc(S(=O)(=O)O)c([N+](=O)[O-])c1. The zero-order chi connectivity index (χ0) is 11.6. The molecule has 6 nitrogen and oxygen atoms in total. The minimum absolute atomic E-state index is 0.548. The number of nitrogens with zero attached hydrogens (tertiary/aromatic N) is 1. The van der Waals surface area contributed by atoms with E-state index in [2.05, 4.69) is 0 Å². The topological polar surface area (TPSA) is 97.5 Å². The van der Waals surface area contributed by atoms with Crippen molar-refractivity contribution in [3.05, 3.63) is 33.9 Å². The molecule has 7 heteroatoms. The van der Waals surface area contributed by atoms with Crippen molar-refractivity contribution in [3.8, 4) is 0 Å². The molecule has 1 rings (SSSR count). The van der Waals surface area contributed by atoms with Gasteiger partial charge in [0.05, 0.1) is 4.92 Å². The second-order valence-electron chi connectivity index (χ2n) is 2.89. The molecule has 0 atom stereocenters. The molecule has 0 bridgehead atoms. The average molecular weight is 231 g/mol. The maximum absolute atomic E-state index is 10.8. The summed E-state index contributed by atoms with van der Waals surface area (Å²) in [6.45, 7) is 1.78. The summed E-state index contributed by atoms with van der Waals surface area (Å²) in [6.07, 6.45) is 0.548. The second-order valence-corrected chi connectivity index (χ2v) is 4.28. The van der Waals surface area contributed by atoms with Crippen molar-refractivity contribution in [2.24, 2.45) is 0 Å². The molecule has 0 radical (unpaired) electrons. The zero-order valence-electron chi connectivity index (χ0n) is 7.87. The van der Waals surface area contributed by atoms with Gasteiger partial charge in [0.15, 0.2) is 4.90 Å². The molecule has 0 aliphatic heterocycles. The van der Waals surface area contributed by atoms with Crippen molar-refractivity contribution in [1.29, 1.82) is 0 Å². The van der Waals surface area contributed by atoms with Crippen LogP contribution in [0.2, 0.25) is 0 Å². The first-order valence-electron chi connectivity index (χ1n) is 4.11. The van der Waals surface area contributed by atoms with Gasteiger partial charge in [0.1, 0.15) is 0 Å². The van der Waals surface area contributed by atoms with E-state index >= 15 is 0 Å². The summed E-state index contributed by atoms with van der Waals surface area (Å²) in [4.78, 5) is 9.06. The molecule has 1 N–H and O–H groups in total. The quantitative estimate of drug-likeness (QED) is 0.481. The Morgan fingerprint density at radius 3 is 2.47 bits per heavy atom. The van der Waals surface area contributed by atoms with E-state index in [1.807, 2.05) is 0 Å². The lowest BCUT2D eigenvalue weighted by atomic mass is 10.1. The lowest BCUT2D eigenvalue weighted by Crippen LogP contribution is -2.03. The largest absolute Gasteiger partial charge is 0.301 e. The molecule has 0 saturated carbocycles. The Bertz CT molecular complexity index is 494. The van der Waals surface area contributed by atoms with E-state index in [-0.39, 0.29) is 0 Å². The van der Waals surface area contributed by atoms with Crippen LogP contribution in [0.25, 0.3) is 0 Å². The minimum atomic E-state index is -4.55. The van der Waals surface area contributed by atoms with Crippen LogP contribution in [0, 0.1) is 10.1 Å². The number of hydrogen-bond acceptors (Lipinski definition) is 4. The smallest absolute Gasteiger partial charge is 0.282 e. The number of rotatable bonds is 3. The van der Waals surface area contributed by atoms with Gasteiger partial charge in [0.25, 0.3) is 5.69 Å². The highest BCUT2D eigenvalue weighted by Gasteiger charge is 2.23. The molecule has 0 unspecified atom stereocenters. The van der Waals surface area contributed by atoms with Gasteiger partial charge >= 0.3 is 10.1 Å². The van der Waals surface area contributed by atoms with Crippen molar-refractivity contribution in [2.45, 2.75) is 18.2 Å². The molecular weight excluding hydrogens is 222 g/mol. The van der Waals surface area contributed by atoms with E-state index in [9.17, 15) is 18.5 Å². The molecular formula is C8H9NO5S. The first-order valence-corrected chi connectivity index (χ1v) is 5.55. The summed E-state index contributed by atoms with van der Waals surface area (Å²) in [5, 5.41) is 10.6. The first-order chi connectivity index (χ1) is 6.86. The normalized spacial score (nSPS) is 11.3. The lowest BCUT2D eigenvalue weighted by Gasteiger charge is -2.01. The number of aryl methyl sites for hydroxylation is 1. The Hall–Kier alpha value is -1.47. The number of benzene rings is 1. The summed E-state index contributed by atoms with van der Waals surface area (Å²) < 4.78 is 30.4.